The smallest absolute Gasteiger partial charge is 0.240 e. The van der Waals surface area contributed by atoms with Gasteiger partial charge in [0.15, 0.2) is 0 Å². The fourth-order valence-electron chi connectivity index (χ4n) is 2.99. The molecule has 2 fully saturated rings. The predicted octanol–water partition coefficient (Wildman–Crippen LogP) is 1.37. The summed E-state index contributed by atoms with van der Waals surface area (Å²) in [7, 11) is 1.52. The number of anilines is 1. The number of carbonyl (C=O) groups is 3. The third-order valence-corrected chi connectivity index (χ3v) is 5.05. The molecule has 134 valence electrons. The van der Waals surface area contributed by atoms with Crippen molar-refractivity contribution in [2.45, 2.75) is 12.8 Å². The van der Waals surface area contributed by atoms with E-state index in [9.17, 15) is 14.4 Å². The summed E-state index contributed by atoms with van der Waals surface area (Å²) >= 11 is 6.07. The number of piperazine rings is 1. The second-order valence-electron chi connectivity index (χ2n) is 6.32. The number of hydrogen-bond acceptors (Lipinski definition) is 4. The van der Waals surface area contributed by atoms with Crippen molar-refractivity contribution in [3.05, 3.63) is 23.2 Å². The molecule has 1 aliphatic carbocycles. The summed E-state index contributed by atoms with van der Waals surface area (Å²) in [5.74, 6) is 0.0524. The number of hydrogen-bond donors (Lipinski definition) is 1. The first-order valence-electron chi connectivity index (χ1n) is 8.14. The molecule has 1 aromatic rings. The summed E-state index contributed by atoms with van der Waals surface area (Å²) in [6, 6.07) is 4.95. The van der Waals surface area contributed by atoms with E-state index in [4.69, 9.17) is 16.3 Å². The lowest BCUT2D eigenvalue weighted by atomic mass is 10.0. The molecule has 1 saturated carbocycles. The van der Waals surface area contributed by atoms with Crippen molar-refractivity contribution in [3.63, 3.8) is 0 Å². The average Bonchev–Trinajstić information content (AvgIpc) is 3.43. The molecule has 8 heteroatoms. The van der Waals surface area contributed by atoms with Crippen molar-refractivity contribution in [1.82, 2.24) is 9.80 Å². The molecular weight excluding hydrogens is 346 g/mol. The molecule has 1 heterocycles. The van der Waals surface area contributed by atoms with Crippen molar-refractivity contribution in [3.8, 4) is 5.75 Å². The van der Waals surface area contributed by atoms with Crippen molar-refractivity contribution >= 4 is 35.5 Å². The molecule has 0 atom stereocenters. The van der Waals surface area contributed by atoms with Gasteiger partial charge in [0.25, 0.3) is 0 Å². The van der Waals surface area contributed by atoms with Crippen LogP contribution in [0.15, 0.2) is 18.2 Å². The molecule has 0 bridgehead atoms. The number of carbonyl (C=O) groups excluding carboxylic acids is 3. The maximum absolute atomic E-state index is 12.8. The zero-order chi connectivity index (χ0) is 18.0. The van der Waals surface area contributed by atoms with Gasteiger partial charge in [-0.25, -0.2) is 0 Å². The summed E-state index contributed by atoms with van der Waals surface area (Å²) in [5, 5.41) is 3.17. The lowest BCUT2D eigenvalue weighted by Crippen LogP contribution is -2.52. The number of methoxy groups -OCH3 is 1. The second kappa shape index (κ2) is 6.92. The molecule has 25 heavy (non-hydrogen) atoms. The highest BCUT2D eigenvalue weighted by molar-refractivity contribution is 6.32. The molecule has 3 rings (SSSR count). The number of rotatable bonds is 5. The fourth-order valence-corrected chi connectivity index (χ4v) is 3.25. The minimum atomic E-state index is -0.990. The molecule has 7 nitrogen and oxygen atoms in total. The van der Waals surface area contributed by atoms with Crippen LogP contribution in [0.1, 0.15) is 12.8 Å². The van der Waals surface area contributed by atoms with E-state index in [1.807, 2.05) is 0 Å². The topological polar surface area (TPSA) is 79.0 Å². The lowest BCUT2D eigenvalue weighted by Gasteiger charge is -2.34. The first-order valence-corrected chi connectivity index (χ1v) is 8.52. The Morgan fingerprint density at radius 2 is 1.92 bits per heavy atom. The summed E-state index contributed by atoms with van der Waals surface area (Å²) in [4.78, 5) is 39.5. The first-order chi connectivity index (χ1) is 12.0. The summed E-state index contributed by atoms with van der Waals surface area (Å²) in [5.41, 5.74) is -0.462. The highest BCUT2D eigenvalue weighted by atomic mass is 35.5. The van der Waals surface area contributed by atoms with Crippen LogP contribution in [0.25, 0.3) is 0 Å². The van der Waals surface area contributed by atoms with Crippen LogP contribution in [-0.2, 0) is 14.4 Å². The minimum Gasteiger partial charge on any atom is -0.495 e. The molecule has 0 radical (unpaired) electrons. The Morgan fingerprint density at radius 3 is 2.44 bits per heavy atom. The number of amides is 3. The lowest BCUT2D eigenvalue weighted by molar-refractivity contribution is -0.144. The van der Waals surface area contributed by atoms with Gasteiger partial charge in [-0.1, -0.05) is 11.6 Å². The van der Waals surface area contributed by atoms with E-state index in [2.05, 4.69) is 5.32 Å². The van der Waals surface area contributed by atoms with Gasteiger partial charge in [0.1, 0.15) is 11.2 Å². The van der Waals surface area contributed by atoms with Gasteiger partial charge < -0.3 is 19.9 Å². The largest absolute Gasteiger partial charge is 0.495 e. The van der Waals surface area contributed by atoms with Gasteiger partial charge in [-0.3, -0.25) is 14.4 Å². The van der Waals surface area contributed by atoms with Gasteiger partial charge in [-0.15, -0.1) is 0 Å². The fraction of sp³-hybridized carbons (Fsp3) is 0.471. The van der Waals surface area contributed by atoms with E-state index in [0.29, 0.717) is 55.5 Å². The van der Waals surface area contributed by atoms with Crippen molar-refractivity contribution in [2.24, 2.45) is 5.41 Å². The van der Waals surface area contributed by atoms with Gasteiger partial charge in [-0.05, 0) is 31.0 Å². The summed E-state index contributed by atoms with van der Waals surface area (Å²) in [6.45, 7) is 1.92. The van der Waals surface area contributed by atoms with E-state index in [0.717, 1.165) is 6.41 Å². The molecule has 1 saturated heterocycles. The van der Waals surface area contributed by atoms with Gasteiger partial charge >= 0.3 is 0 Å². The summed E-state index contributed by atoms with van der Waals surface area (Å²) in [6.07, 6.45) is 1.86. The standard InChI is InChI=1S/C17H20ClN3O4/c1-25-14-3-2-12(10-13(14)18)19-15(23)17(4-5-17)16(24)21-8-6-20(11-22)7-9-21/h2-3,10-11H,4-9H2,1H3,(H,19,23). The zero-order valence-corrected chi connectivity index (χ0v) is 14.7. The van der Waals surface area contributed by atoms with Gasteiger partial charge in [0.2, 0.25) is 18.2 Å². The van der Waals surface area contributed by atoms with Crippen molar-refractivity contribution in [2.75, 3.05) is 38.6 Å². The molecule has 2 aliphatic rings. The van der Waals surface area contributed by atoms with Crippen LogP contribution >= 0.6 is 11.6 Å². The molecule has 0 unspecified atom stereocenters. The van der Waals surface area contributed by atoms with Crippen molar-refractivity contribution in [1.29, 1.82) is 0 Å². The third-order valence-electron chi connectivity index (χ3n) is 4.75. The van der Waals surface area contributed by atoms with Gasteiger partial charge in [-0.2, -0.15) is 0 Å². The Hall–Kier alpha value is -2.28. The van der Waals surface area contributed by atoms with E-state index < -0.39 is 5.41 Å². The molecule has 0 aromatic heterocycles. The number of ether oxygens (including phenoxy) is 1. The number of halogens is 1. The first kappa shape index (κ1) is 17.5. The highest BCUT2D eigenvalue weighted by Crippen LogP contribution is 2.48. The van der Waals surface area contributed by atoms with Crippen LogP contribution in [-0.4, -0.2) is 61.3 Å². The Bertz CT molecular complexity index is 697. The Labute approximate surface area is 150 Å². The van der Waals surface area contributed by atoms with Crippen LogP contribution in [0, 0.1) is 5.41 Å². The maximum atomic E-state index is 12.8. The average molecular weight is 366 g/mol. The van der Waals surface area contributed by atoms with Gasteiger partial charge in [0.05, 0.1) is 12.1 Å². The maximum Gasteiger partial charge on any atom is 0.240 e. The molecule has 1 N–H and O–H groups in total. The van der Waals surface area contributed by atoms with Crippen LogP contribution in [0.5, 0.6) is 5.75 Å². The van der Waals surface area contributed by atoms with E-state index in [-0.39, 0.29) is 11.8 Å². The van der Waals surface area contributed by atoms with Gasteiger partial charge in [0, 0.05) is 31.9 Å². The molecule has 1 aliphatic heterocycles. The number of nitrogens with zero attached hydrogens (tertiary/aromatic N) is 2. The van der Waals surface area contributed by atoms with Crippen LogP contribution < -0.4 is 10.1 Å². The third kappa shape index (κ3) is 3.42. The molecular formula is C17H20ClN3O4. The number of benzene rings is 1. The molecule has 3 amide bonds. The second-order valence-corrected chi connectivity index (χ2v) is 6.73. The van der Waals surface area contributed by atoms with E-state index in [1.165, 1.54) is 7.11 Å². The number of nitrogens with one attached hydrogen (secondary N) is 1. The quantitative estimate of drug-likeness (QED) is 0.631. The monoisotopic (exact) mass is 365 g/mol. The Kier molecular flexibility index (Phi) is 4.85. The van der Waals surface area contributed by atoms with E-state index in [1.54, 1.807) is 28.0 Å². The van der Waals surface area contributed by atoms with Crippen molar-refractivity contribution < 1.29 is 19.1 Å². The van der Waals surface area contributed by atoms with Crippen LogP contribution in [0.3, 0.4) is 0 Å². The van der Waals surface area contributed by atoms with Crippen LogP contribution in [0.4, 0.5) is 5.69 Å². The molecule has 0 spiro atoms. The predicted molar refractivity (Wildman–Crippen MR) is 92.5 cm³/mol. The van der Waals surface area contributed by atoms with Crippen LogP contribution in [0.2, 0.25) is 5.02 Å². The highest BCUT2D eigenvalue weighted by Gasteiger charge is 2.58. The Balaban J connectivity index is 1.66. The Morgan fingerprint density at radius 1 is 1.24 bits per heavy atom. The summed E-state index contributed by atoms with van der Waals surface area (Å²) < 4.78 is 5.09. The normalized spacial score (nSPS) is 18.5. The minimum absolute atomic E-state index is 0.157. The SMILES string of the molecule is COc1ccc(NC(=O)C2(C(=O)N3CCN(C=O)CC3)CC2)cc1Cl. The molecule has 1 aromatic carbocycles. The van der Waals surface area contributed by atoms with E-state index >= 15 is 0 Å². The zero-order valence-electron chi connectivity index (χ0n) is 14.0.